The van der Waals surface area contributed by atoms with Crippen molar-refractivity contribution in [1.29, 1.82) is 0 Å². The van der Waals surface area contributed by atoms with Crippen molar-refractivity contribution in [1.82, 2.24) is 0 Å². The zero-order valence-corrected chi connectivity index (χ0v) is 22.2. The van der Waals surface area contributed by atoms with E-state index in [1.54, 1.807) is 21.3 Å². The third-order valence-corrected chi connectivity index (χ3v) is 9.49. The van der Waals surface area contributed by atoms with Crippen LogP contribution in [0.5, 0.6) is 0 Å². The summed E-state index contributed by atoms with van der Waals surface area (Å²) in [4.78, 5) is -0.158. The highest BCUT2D eigenvalue weighted by Gasteiger charge is 2.37. The van der Waals surface area contributed by atoms with E-state index < -0.39 is 8.80 Å². The molecular formula is C24H51ClO3Si. The van der Waals surface area contributed by atoms with E-state index in [1.165, 1.54) is 83.5 Å². The van der Waals surface area contributed by atoms with E-state index in [4.69, 9.17) is 24.9 Å². The molecule has 0 aliphatic heterocycles. The maximum absolute atomic E-state index is 6.71. The molecule has 0 rings (SSSR count). The van der Waals surface area contributed by atoms with Crippen LogP contribution in [0.15, 0.2) is 0 Å². The summed E-state index contributed by atoms with van der Waals surface area (Å²) in [5.74, 6) is 0.532. The minimum absolute atomic E-state index is 0.158. The van der Waals surface area contributed by atoms with Gasteiger partial charge in [0.2, 0.25) is 0 Å². The minimum Gasteiger partial charge on any atom is -0.377 e. The number of rotatable bonds is 21. The Morgan fingerprint density at radius 2 is 1.03 bits per heavy atom. The van der Waals surface area contributed by atoms with Crippen LogP contribution in [0.3, 0.4) is 0 Å². The Morgan fingerprint density at radius 3 is 1.41 bits per heavy atom. The first-order valence-electron chi connectivity index (χ1n) is 12.2. The summed E-state index contributed by atoms with van der Waals surface area (Å²) in [6.45, 7) is 6.60. The lowest BCUT2D eigenvalue weighted by Crippen LogP contribution is -2.42. The molecule has 0 N–H and O–H groups in total. The van der Waals surface area contributed by atoms with E-state index >= 15 is 0 Å². The molecule has 0 amide bonds. The number of alkyl halides is 1. The third kappa shape index (κ3) is 14.9. The van der Waals surface area contributed by atoms with Gasteiger partial charge in [-0.1, -0.05) is 84.0 Å². The monoisotopic (exact) mass is 450 g/mol. The van der Waals surface area contributed by atoms with E-state index in [1.807, 2.05) is 0 Å². The van der Waals surface area contributed by atoms with Gasteiger partial charge in [-0.15, -0.1) is 11.6 Å². The Kier molecular flexibility index (Phi) is 18.2. The largest absolute Gasteiger partial charge is 0.500 e. The molecule has 1 atom stereocenters. The molecule has 0 fully saturated rings. The van der Waals surface area contributed by atoms with Crippen LogP contribution in [0.25, 0.3) is 0 Å². The molecule has 0 heterocycles. The number of halogens is 1. The molecule has 0 saturated heterocycles. The van der Waals surface area contributed by atoms with Crippen molar-refractivity contribution >= 4 is 20.4 Å². The third-order valence-electron chi connectivity index (χ3n) is 6.35. The lowest BCUT2D eigenvalue weighted by Gasteiger charge is -2.30. The van der Waals surface area contributed by atoms with Crippen LogP contribution in [0.4, 0.5) is 0 Å². The van der Waals surface area contributed by atoms with Gasteiger partial charge in [-0.3, -0.25) is 0 Å². The first kappa shape index (κ1) is 29.4. The van der Waals surface area contributed by atoms with Crippen LogP contribution >= 0.6 is 11.6 Å². The molecular weight excluding hydrogens is 400 g/mol. The second kappa shape index (κ2) is 18.0. The maximum atomic E-state index is 6.71. The van der Waals surface area contributed by atoms with Gasteiger partial charge >= 0.3 is 8.80 Å². The van der Waals surface area contributed by atoms with Gasteiger partial charge in [0, 0.05) is 32.2 Å². The van der Waals surface area contributed by atoms with E-state index in [0.717, 1.165) is 18.9 Å². The molecule has 0 aliphatic carbocycles. The highest BCUT2D eigenvalue weighted by molar-refractivity contribution is 6.60. The van der Waals surface area contributed by atoms with Gasteiger partial charge in [-0.2, -0.15) is 0 Å². The summed E-state index contributed by atoms with van der Waals surface area (Å²) in [5.41, 5.74) is 0. The zero-order valence-electron chi connectivity index (χ0n) is 20.5. The lowest BCUT2D eigenvalue weighted by molar-refractivity contribution is 0.122. The summed E-state index contributed by atoms with van der Waals surface area (Å²) >= 11 is 6.71. The molecule has 3 nitrogen and oxygen atoms in total. The van der Waals surface area contributed by atoms with Crippen LogP contribution in [0.2, 0.25) is 6.04 Å². The molecule has 29 heavy (non-hydrogen) atoms. The molecule has 0 bridgehead atoms. The number of hydrogen-bond acceptors (Lipinski definition) is 3. The highest BCUT2D eigenvalue weighted by Crippen LogP contribution is 2.34. The Balaban J connectivity index is 3.89. The van der Waals surface area contributed by atoms with Crippen molar-refractivity contribution in [2.75, 3.05) is 21.3 Å². The molecule has 0 aliphatic rings. The molecule has 5 heteroatoms. The van der Waals surface area contributed by atoms with Crippen LogP contribution in [-0.4, -0.2) is 35.0 Å². The average Bonchev–Trinajstić information content (AvgIpc) is 2.70. The summed E-state index contributed by atoms with van der Waals surface area (Å²) in [6.07, 6.45) is 20.1. The standard InChI is InChI=1S/C24H51ClO3Si/c1-7-8-9-10-11-12-13-14-15-16-17-18-20-23(24(2,3)25)21-19-22-29(26-4,27-5)28-6/h23H,7-22H2,1-6H3. The number of unbranched alkanes of at least 4 members (excludes halogenated alkanes) is 11. The van der Waals surface area contributed by atoms with Gasteiger partial charge in [0.05, 0.1) is 0 Å². The van der Waals surface area contributed by atoms with Crippen molar-refractivity contribution in [2.45, 2.75) is 128 Å². The van der Waals surface area contributed by atoms with Gasteiger partial charge in [-0.05, 0) is 39.0 Å². The van der Waals surface area contributed by atoms with Gasteiger partial charge in [0.1, 0.15) is 0 Å². The van der Waals surface area contributed by atoms with Crippen LogP contribution < -0.4 is 0 Å². The van der Waals surface area contributed by atoms with Crippen LogP contribution in [0, 0.1) is 5.92 Å². The fraction of sp³-hybridized carbons (Fsp3) is 1.00. The highest BCUT2D eigenvalue weighted by atomic mass is 35.5. The van der Waals surface area contributed by atoms with Gasteiger partial charge in [0.15, 0.2) is 0 Å². The second-order valence-corrected chi connectivity index (χ2v) is 13.2. The van der Waals surface area contributed by atoms with E-state index in [9.17, 15) is 0 Å². The van der Waals surface area contributed by atoms with Crippen molar-refractivity contribution in [3.63, 3.8) is 0 Å². The molecule has 0 radical (unpaired) electrons. The lowest BCUT2D eigenvalue weighted by atomic mass is 9.86. The topological polar surface area (TPSA) is 27.7 Å². The van der Waals surface area contributed by atoms with Crippen molar-refractivity contribution < 1.29 is 13.3 Å². The van der Waals surface area contributed by atoms with E-state index in [0.29, 0.717) is 5.92 Å². The predicted octanol–water partition coefficient (Wildman–Crippen LogP) is 8.37. The molecule has 0 spiro atoms. The SMILES string of the molecule is CCCCCCCCCCCCCCC(CCC[Si](OC)(OC)OC)C(C)(C)Cl. The minimum atomic E-state index is -2.46. The smallest absolute Gasteiger partial charge is 0.377 e. The Labute approximate surface area is 189 Å². The Bertz CT molecular complexity index is 348. The molecule has 1 unspecified atom stereocenters. The van der Waals surface area contributed by atoms with Crippen molar-refractivity contribution in [2.24, 2.45) is 5.92 Å². The summed E-state index contributed by atoms with van der Waals surface area (Å²) in [6, 6.07) is 0.860. The first-order chi connectivity index (χ1) is 13.8. The first-order valence-corrected chi connectivity index (χ1v) is 14.5. The fourth-order valence-electron chi connectivity index (χ4n) is 4.18. The number of hydrogen-bond donors (Lipinski definition) is 0. The normalized spacial score (nSPS) is 13.8. The molecule has 0 saturated carbocycles. The fourth-order valence-corrected chi connectivity index (χ4v) is 6.15. The summed E-state index contributed by atoms with van der Waals surface area (Å²) < 4.78 is 16.6. The quantitative estimate of drug-likeness (QED) is 0.0997. The van der Waals surface area contributed by atoms with Gasteiger partial charge in [-0.25, -0.2) is 0 Å². The molecule has 0 aromatic carbocycles. The second-order valence-electron chi connectivity index (χ2n) is 9.13. The molecule has 0 aromatic rings. The van der Waals surface area contributed by atoms with E-state index in [-0.39, 0.29) is 4.87 Å². The maximum Gasteiger partial charge on any atom is 0.500 e. The van der Waals surface area contributed by atoms with Gasteiger partial charge < -0.3 is 13.3 Å². The van der Waals surface area contributed by atoms with Crippen molar-refractivity contribution in [3.8, 4) is 0 Å². The average molecular weight is 451 g/mol. The van der Waals surface area contributed by atoms with Crippen molar-refractivity contribution in [3.05, 3.63) is 0 Å². The predicted molar refractivity (Wildman–Crippen MR) is 130 cm³/mol. The van der Waals surface area contributed by atoms with Gasteiger partial charge in [0.25, 0.3) is 0 Å². The summed E-state index contributed by atoms with van der Waals surface area (Å²) in [5, 5.41) is 0. The summed E-state index contributed by atoms with van der Waals surface area (Å²) in [7, 11) is 2.61. The molecule has 176 valence electrons. The van der Waals surface area contributed by atoms with Crippen LogP contribution in [-0.2, 0) is 13.3 Å². The zero-order chi connectivity index (χ0) is 22.0. The Hall–Kier alpha value is 0.387. The Morgan fingerprint density at radius 1 is 0.655 bits per heavy atom. The van der Waals surface area contributed by atoms with Crippen LogP contribution in [0.1, 0.15) is 117 Å². The molecule has 0 aromatic heterocycles. The van der Waals surface area contributed by atoms with E-state index in [2.05, 4.69) is 20.8 Å².